The van der Waals surface area contributed by atoms with Gasteiger partial charge < -0.3 is 5.73 Å². The minimum absolute atomic E-state index is 0.221. The van der Waals surface area contributed by atoms with Crippen LogP contribution < -0.4 is 5.73 Å². The zero-order valence-corrected chi connectivity index (χ0v) is 8.87. The van der Waals surface area contributed by atoms with Crippen molar-refractivity contribution < 1.29 is 4.39 Å². The number of hydrogen-bond donors (Lipinski definition) is 2. The van der Waals surface area contributed by atoms with Gasteiger partial charge in [0, 0.05) is 11.8 Å². The molecule has 0 saturated carbocycles. The zero-order chi connectivity index (χ0) is 11.7. The lowest BCUT2D eigenvalue weighted by Gasteiger charge is -2.07. The molecule has 0 radical (unpaired) electrons. The van der Waals surface area contributed by atoms with E-state index < -0.39 is 5.82 Å². The minimum atomic E-state index is -0.452. The van der Waals surface area contributed by atoms with Crippen molar-refractivity contribution in [1.29, 1.82) is 5.41 Å². The van der Waals surface area contributed by atoms with Crippen LogP contribution in [-0.4, -0.2) is 15.6 Å². The molecule has 2 rings (SSSR count). The van der Waals surface area contributed by atoms with Gasteiger partial charge in [-0.25, -0.2) is 9.07 Å². The maximum absolute atomic E-state index is 13.0. The molecular formula is C10H8ClFN4. The monoisotopic (exact) mass is 238 g/mol. The van der Waals surface area contributed by atoms with Crippen LogP contribution in [-0.2, 0) is 0 Å². The predicted octanol–water partition coefficient (Wildman–Crippen LogP) is 1.95. The van der Waals surface area contributed by atoms with Crippen molar-refractivity contribution in [2.24, 2.45) is 5.73 Å². The Bertz CT molecular complexity index is 550. The molecule has 6 heteroatoms. The van der Waals surface area contributed by atoms with E-state index in [9.17, 15) is 4.39 Å². The van der Waals surface area contributed by atoms with Gasteiger partial charge in [-0.05, 0) is 18.2 Å². The van der Waals surface area contributed by atoms with Gasteiger partial charge in [-0.15, -0.1) is 0 Å². The average Bonchev–Trinajstić information content (AvgIpc) is 2.64. The standard InChI is InChI=1S/C10H8ClFN4/c11-6-4-15-16(5-6)9-2-1-7(12)3-8(9)10(13)14/h1-5H,(H3,13,14). The van der Waals surface area contributed by atoms with Crippen molar-refractivity contribution in [2.75, 3.05) is 0 Å². The third kappa shape index (κ3) is 1.90. The van der Waals surface area contributed by atoms with Crippen LogP contribution in [0, 0.1) is 11.2 Å². The van der Waals surface area contributed by atoms with E-state index in [-0.39, 0.29) is 11.4 Å². The number of rotatable bonds is 2. The maximum Gasteiger partial charge on any atom is 0.125 e. The number of hydrogen-bond acceptors (Lipinski definition) is 2. The molecule has 0 atom stereocenters. The van der Waals surface area contributed by atoms with E-state index in [1.165, 1.54) is 29.1 Å². The Labute approximate surface area is 96.0 Å². The van der Waals surface area contributed by atoms with Crippen molar-refractivity contribution in [1.82, 2.24) is 9.78 Å². The topological polar surface area (TPSA) is 67.7 Å². The summed E-state index contributed by atoms with van der Waals surface area (Å²) in [6.45, 7) is 0. The molecule has 0 aliphatic rings. The molecule has 4 nitrogen and oxygen atoms in total. The van der Waals surface area contributed by atoms with E-state index in [0.29, 0.717) is 10.7 Å². The first-order chi connectivity index (χ1) is 7.58. The molecule has 1 heterocycles. The second-order valence-corrected chi connectivity index (χ2v) is 3.61. The molecule has 1 aromatic heterocycles. The van der Waals surface area contributed by atoms with Crippen molar-refractivity contribution in [2.45, 2.75) is 0 Å². The minimum Gasteiger partial charge on any atom is -0.384 e. The average molecular weight is 239 g/mol. The molecule has 0 unspecified atom stereocenters. The van der Waals surface area contributed by atoms with Crippen molar-refractivity contribution in [3.63, 3.8) is 0 Å². The fourth-order valence-corrected chi connectivity index (χ4v) is 1.49. The molecule has 0 bridgehead atoms. The summed E-state index contributed by atoms with van der Waals surface area (Å²) >= 11 is 5.73. The fraction of sp³-hybridized carbons (Fsp3) is 0. The summed E-state index contributed by atoms with van der Waals surface area (Å²) in [7, 11) is 0. The highest BCUT2D eigenvalue weighted by Gasteiger charge is 2.09. The van der Waals surface area contributed by atoms with Crippen LogP contribution in [0.2, 0.25) is 5.02 Å². The Morgan fingerprint density at radius 2 is 2.25 bits per heavy atom. The molecule has 0 saturated heterocycles. The molecule has 0 amide bonds. The van der Waals surface area contributed by atoms with Crippen molar-refractivity contribution in [3.05, 3.63) is 47.0 Å². The van der Waals surface area contributed by atoms with Gasteiger partial charge in [-0.3, -0.25) is 5.41 Å². The van der Waals surface area contributed by atoms with E-state index in [1.54, 1.807) is 6.20 Å². The summed E-state index contributed by atoms with van der Waals surface area (Å²) in [5, 5.41) is 11.8. The number of benzene rings is 1. The number of amidine groups is 1. The second kappa shape index (κ2) is 3.94. The lowest BCUT2D eigenvalue weighted by Crippen LogP contribution is -2.15. The second-order valence-electron chi connectivity index (χ2n) is 3.18. The van der Waals surface area contributed by atoms with Gasteiger partial charge in [0.25, 0.3) is 0 Å². The summed E-state index contributed by atoms with van der Waals surface area (Å²) in [6, 6.07) is 3.96. The van der Waals surface area contributed by atoms with E-state index in [0.717, 1.165) is 0 Å². The third-order valence-corrected chi connectivity index (χ3v) is 2.24. The molecule has 0 spiro atoms. The number of aromatic nitrogens is 2. The van der Waals surface area contributed by atoms with Crippen LogP contribution in [0.4, 0.5) is 4.39 Å². The quantitative estimate of drug-likeness (QED) is 0.620. The summed E-state index contributed by atoms with van der Waals surface area (Å²) < 4.78 is 14.5. The lowest BCUT2D eigenvalue weighted by molar-refractivity contribution is 0.626. The Morgan fingerprint density at radius 3 is 2.81 bits per heavy atom. The summed E-state index contributed by atoms with van der Waals surface area (Å²) in [5.41, 5.74) is 6.16. The molecular weight excluding hydrogens is 231 g/mol. The number of halogens is 2. The predicted molar refractivity (Wildman–Crippen MR) is 59.5 cm³/mol. The number of nitrogens with zero attached hydrogens (tertiary/aromatic N) is 2. The van der Waals surface area contributed by atoms with E-state index in [1.807, 2.05) is 0 Å². The van der Waals surface area contributed by atoms with Crippen LogP contribution in [0.5, 0.6) is 0 Å². The summed E-state index contributed by atoms with van der Waals surface area (Å²) in [4.78, 5) is 0. The van der Waals surface area contributed by atoms with Gasteiger partial charge in [-0.1, -0.05) is 11.6 Å². The van der Waals surface area contributed by atoms with E-state index in [2.05, 4.69) is 5.10 Å². The first kappa shape index (κ1) is 10.6. The SMILES string of the molecule is N=C(N)c1cc(F)ccc1-n1cc(Cl)cn1. The van der Waals surface area contributed by atoms with Gasteiger partial charge in [0.1, 0.15) is 11.7 Å². The van der Waals surface area contributed by atoms with Gasteiger partial charge in [0.05, 0.1) is 16.9 Å². The maximum atomic E-state index is 13.0. The third-order valence-electron chi connectivity index (χ3n) is 2.05. The summed E-state index contributed by atoms with van der Waals surface area (Å²) in [5.74, 6) is -0.673. The molecule has 16 heavy (non-hydrogen) atoms. The molecule has 0 fully saturated rings. The Balaban J connectivity index is 2.60. The number of nitrogens with two attached hydrogens (primary N) is 1. The fourth-order valence-electron chi connectivity index (χ4n) is 1.36. The highest BCUT2D eigenvalue weighted by molar-refractivity contribution is 6.30. The largest absolute Gasteiger partial charge is 0.384 e. The normalized spacial score (nSPS) is 10.4. The van der Waals surface area contributed by atoms with E-state index >= 15 is 0 Å². The van der Waals surface area contributed by atoms with Crippen molar-refractivity contribution >= 4 is 17.4 Å². The highest BCUT2D eigenvalue weighted by atomic mass is 35.5. The number of nitrogen functional groups attached to an aromatic ring is 1. The van der Waals surface area contributed by atoms with Gasteiger partial charge in [0.2, 0.25) is 0 Å². The van der Waals surface area contributed by atoms with Crippen LogP contribution in [0.3, 0.4) is 0 Å². The Morgan fingerprint density at radius 1 is 1.50 bits per heavy atom. The highest BCUT2D eigenvalue weighted by Crippen LogP contribution is 2.17. The molecule has 2 aromatic rings. The molecule has 1 aromatic carbocycles. The van der Waals surface area contributed by atoms with Crippen LogP contribution in [0.1, 0.15) is 5.56 Å². The van der Waals surface area contributed by atoms with Crippen LogP contribution >= 0.6 is 11.6 Å². The van der Waals surface area contributed by atoms with E-state index in [4.69, 9.17) is 22.7 Å². The molecule has 0 aliphatic carbocycles. The van der Waals surface area contributed by atoms with Gasteiger partial charge in [0.15, 0.2) is 0 Å². The van der Waals surface area contributed by atoms with Gasteiger partial charge in [-0.2, -0.15) is 5.10 Å². The smallest absolute Gasteiger partial charge is 0.125 e. The molecule has 3 N–H and O–H groups in total. The molecule has 82 valence electrons. The zero-order valence-electron chi connectivity index (χ0n) is 8.11. The Kier molecular flexibility index (Phi) is 2.62. The summed E-state index contributed by atoms with van der Waals surface area (Å²) in [6.07, 6.45) is 3.01. The van der Waals surface area contributed by atoms with Gasteiger partial charge >= 0.3 is 0 Å². The Hall–Kier alpha value is -1.88. The first-order valence-electron chi connectivity index (χ1n) is 4.42. The van der Waals surface area contributed by atoms with Crippen LogP contribution in [0.25, 0.3) is 5.69 Å². The lowest BCUT2D eigenvalue weighted by atomic mass is 10.1. The number of nitrogens with one attached hydrogen (secondary N) is 1. The van der Waals surface area contributed by atoms with Crippen molar-refractivity contribution in [3.8, 4) is 5.69 Å². The van der Waals surface area contributed by atoms with Crippen LogP contribution in [0.15, 0.2) is 30.6 Å². The molecule has 0 aliphatic heterocycles. The first-order valence-corrected chi connectivity index (χ1v) is 4.80.